The minimum atomic E-state index is -3.00. The van der Waals surface area contributed by atoms with Crippen molar-refractivity contribution in [2.24, 2.45) is 0 Å². The zero-order valence-corrected chi connectivity index (χ0v) is 7.25. The molecule has 0 spiro atoms. The molecule has 0 aromatic heterocycles. The Hall–Kier alpha value is -0.160. The Morgan fingerprint density at radius 1 is 1.55 bits per heavy atom. The molecular weight excluding hydrogens is 169 g/mol. The van der Waals surface area contributed by atoms with Crippen LogP contribution in [0.5, 0.6) is 0 Å². The molecule has 1 rings (SSSR count). The Kier molecular flexibility index (Phi) is 2.20. The van der Waals surface area contributed by atoms with Crippen molar-refractivity contribution in [3.05, 3.63) is 0 Å². The molecule has 1 fully saturated rings. The van der Waals surface area contributed by atoms with Crippen LogP contribution in [-0.2, 0) is 9.84 Å². The van der Waals surface area contributed by atoms with Gasteiger partial charge in [0.1, 0.15) is 15.5 Å². The van der Waals surface area contributed by atoms with Crippen LogP contribution in [0.15, 0.2) is 0 Å². The summed E-state index contributed by atoms with van der Waals surface area (Å²) < 4.78 is 34.4. The average molecular weight is 181 g/mol. The molecule has 1 saturated heterocycles. The quantitative estimate of drug-likeness (QED) is 0.652. The molecule has 0 bridgehead atoms. The highest BCUT2D eigenvalue weighted by Crippen LogP contribution is 2.21. The fourth-order valence-corrected chi connectivity index (χ4v) is 1.68. The lowest BCUT2D eigenvalue weighted by molar-refractivity contribution is 0.0872. The molecule has 11 heavy (non-hydrogen) atoms. The van der Waals surface area contributed by atoms with Gasteiger partial charge >= 0.3 is 0 Å². The van der Waals surface area contributed by atoms with Crippen molar-refractivity contribution in [2.75, 3.05) is 25.1 Å². The summed E-state index contributed by atoms with van der Waals surface area (Å²) >= 11 is 0. The van der Waals surface area contributed by atoms with E-state index in [1.165, 1.54) is 0 Å². The van der Waals surface area contributed by atoms with Crippen LogP contribution < -0.4 is 5.32 Å². The summed E-state index contributed by atoms with van der Waals surface area (Å²) in [4.78, 5) is 0. The van der Waals surface area contributed by atoms with Gasteiger partial charge in [0.2, 0.25) is 0 Å². The SMILES string of the molecule is CS(=O)(=O)CCC1(F)CNC1. The summed E-state index contributed by atoms with van der Waals surface area (Å²) in [5.74, 6) is -0.0504. The molecule has 0 radical (unpaired) electrons. The highest BCUT2D eigenvalue weighted by Gasteiger charge is 2.37. The van der Waals surface area contributed by atoms with Crippen LogP contribution in [-0.4, -0.2) is 39.2 Å². The first-order chi connectivity index (χ1) is 4.91. The highest BCUT2D eigenvalue weighted by molar-refractivity contribution is 7.90. The number of hydrogen-bond donors (Lipinski definition) is 1. The molecule has 1 N–H and O–H groups in total. The second-order valence-electron chi connectivity index (χ2n) is 3.13. The number of rotatable bonds is 3. The molecule has 0 aliphatic carbocycles. The van der Waals surface area contributed by atoms with Crippen LogP contribution in [0.2, 0.25) is 0 Å². The molecule has 0 atom stereocenters. The lowest BCUT2D eigenvalue weighted by Crippen LogP contribution is -2.56. The standard InChI is InChI=1S/C6H12FNO2S/c1-11(9,10)3-2-6(7)4-8-5-6/h8H,2-5H2,1H3. The molecule has 0 saturated carbocycles. The molecule has 1 aliphatic rings. The Bertz CT molecular complexity index is 233. The molecule has 1 aliphatic heterocycles. The summed E-state index contributed by atoms with van der Waals surface area (Å²) in [6.07, 6.45) is 1.25. The van der Waals surface area contributed by atoms with E-state index in [0.29, 0.717) is 13.1 Å². The maximum atomic E-state index is 13.1. The van der Waals surface area contributed by atoms with Gasteiger partial charge in [0.15, 0.2) is 0 Å². The molecular formula is C6H12FNO2S. The molecule has 66 valence electrons. The Labute approximate surface area is 65.9 Å². The van der Waals surface area contributed by atoms with Gasteiger partial charge in [-0.25, -0.2) is 12.8 Å². The Morgan fingerprint density at radius 2 is 2.09 bits per heavy atom. The van der Waals surface area contributed by atoms with Crippen molar-refractivity contribution in [1.29, 1.82) is 0 Å². The van der Waals surface area contributed by atoms with Gasteiger partial charge in [-0.15, -0.1) is 0 Å². The monoisotopic (exact) mass is 181 g/mol. The van der Waals surface area contributed by atoms with E-state index in [9.17, 15) is 12.8 Å². The van der Waals surface area contributed by atoms with Crippen molar-refractivity contribution in [2.45, 2.75) is 12.1 Å². The fourth-order valence-electron chi connectivity index (χ4n) is 0.941. The van der Waals surface area contributed by atoms with Gasteiger partial charge in [-0.3, -0.25) is 0 Å². The second-order valence-corrected chi connectivity index (χ2v) is 5.39. The third-order valence-electron chi connectivity index (χ3n) is 1.80. The minimum absolute atomic E-state index is 0.0504. The van der Waals surface area contributed by atoms with Crippen LogP contribution in [0.3, 0.4) is 0 Å². The average Bonchev–Trinajstić information content (AvgIpc) is 1.77. The van der Waals surface area contributed by atoms with E-state index in [0.717, 1.165) is 6.26 Å². The molecule has 0 amide bonds. The van der Waals surface area contributed by atoms with Gasteiger partial charge in [0, 0.05) is 19.3 Å². The van der Waals surface area contributed by atoms with Gasteiger partial charge in [-0.1, -0.05) is 0 Å². The third-order valence-corrected chi connectivity index (χ3v) is 2.75. The minimum Gasteiger partial charge on any atom is -0.310 e. The molecule has 5 heteroatoms. The number of alkyl halides is 1. The van der Waals surface area contributed by atoms with Gasteiger partial charge < -0.3 is 5.32 Å². The zero-order chi connectivity index (χ0) is 8.54. The summed E-state index contributed by atoms with van der Waals surface area (Å²) in [6, 6.07) is 0. The number of halogens is 1. The summed E-state index contributed by atoms with van der Waals surface area (Å²) in [5.41, 5.74) is -1.26. The van der Waals surface area contributed by atoms with Crippen LogP contribution in [0.4, 0.5) is 4.39 Å². The lowest BCUT2D eigenvalue weighted by Gasteiger charge is -2.34. The van der Waals surface area contributed by atoms with Crippen LogP contribution >= 0.6 is 0 Å². The highest BCUT2D eigenvalue weighted by atomic mass is 32.2. The number of hydrogen-bond acceptors (Lipinski definition) is 3. The van der Waals surface area contributed by atoms with Crippen LogP contribution in [0.25, 0.3) is 0 Å². The van der Waals surface area contributed by atoms with Gasteiger partial charge in [0.25, 0.3) is 0 Å². The zero-order valence-electron chi connectivity index (χ0n) is 6.43. The van der Waals surface area contributed by atoms with E-state index in [-0.39, 0.29) is 12.2 Å². The first kappa shape index (κ1) is 8.93. The van der Waals surface area contributed by atoms with Gasteiger partial charge in [-0.05, 0) is 6.42 Å². The van der Waals surface area contributed by atoms with E-state index in [4.69, 9.17) is 0 Å². The molecule has 0 aromatic carbocycles. The maximum absolute atomic E-state index is 13.1. The summed E-state index contributed by atoms with van der Waals surface area (Å²) in [6.45, 7) is 0.588. The van der Waals surface area contributed by atoms with Crippen molar-refractivity contribution < 1.29 is 12.8 Å². The van der Waals surface area contributed by atoms with Crippen LogP contribution in [0.1, 0.15) is 6.42 Å². The van der Waals surface area contributed by atoms with E-state index in [1.54, 1.807) is 0 Å². The third kappa shape index (κ3) is 2.75. The largest absolute Gasteiger partial charge is 0.310 e. The normalized spacial score (nSPS) is 22.7. The maximum Gasteiger partial charge on any atom is 0.147 e. The lowest BCUT2D eigenvalue weighted by atomic mass is 9.97. The molecule has 1 heterocycles. The fraction of sp³-hybridized carbons (Fsp3) is 1.00. The predicted molar refractivity (Wildman–Crippen MR) is 41.0 cm³/mol. The van der Waals surface area contributed by atoms with E-state index >= 15 is 0 Å². The number of sulfone groups is 1. The van der Waals surface area contributed by atoms with E-state index < -0.39 is 15.5 Å². The molecule has 3 nitrogen and oxygen atoms in total. The molecule has 0 aromatic rings. The van der Waals surface area contributed by atoms with Gasteiger partial charge in [-0.2, -0.15) is 0 Å². The number of nitrogens with one attached hydrogen (secondary N) is 1. The van der Waals surface area contributed by atoms with E-state index in [2.05, 4.69) is 5.32 Å². The van der Waals surface area contributed by atoms with Crippen LogP contribution in [0, 0.1) is 0 Å². The summed E-state index contributed by atoms with van der Waals surface area (Å²) in [7, 11) is -3.00. The van der Waals surface area contributed by atoms with Crippen molar-refractivity contribution in [3.63, 3.8) is 0 Å². The van der Waals surface area contributed by atoms with Gasteiger partial charge in [0.05, 0.1) is 5.75 Å². The second kappa shape index (κ2) is 2.71. The smallest absolute Gasteiger partial charge is 0.147 e. The Balaban J connectivity index is 2.33. The first-order valence-corrected chi connectivity index (χ1v) is 5.55. The van der Waals surface area contributed by atoms with Crippen molar-refractivity contribution in [1.82, 2.24) is 5.32 Å². The predicted octanol–water partition coefficient (Wildman–Crippen LogP) is -0.267. The topological polar surface area (TPSA) is 46.2 Å². The first-order valence-electron chi connectivity index (χ1n) is 3.49. The van der Waals surface area contributed by atoms with Crippen molar-refractivity contribution in [3.8, 4) is 0 Å². The van der Waals surface area contributed by atoms with E-state index in [1.807, 2.05) is 0 Å². The van der Waals surface area contributed by atoms with Crippen molar-refractivity contribution >= 4 is 9.84 Å². The summed E-state index contributed by atoms with van der Waals surface area (Å²) in [5, 5.41) is 2.77. The Morgan fingerprint density at radius 3 is 2.36 bits per heavy atom. The molecule has 0 unspecified atom stereocenters.